The van der Waals surface area contributed by atoms with Gasteiger partial charge in [0, 0.05) is 25.7 Å². The third-order valence-electron chi connectivity index (χ3n) is 2.52. The molecule has 1 aliphatic rings. The molecule has 2 atom stereocenters. The lowest BCUT2D eigenvalue weighted by Gasteiger charge is -2.15. The number of hydrogen-bond donors (Lipinski definition) is 2. The van der Waals surface area contributed by atoms with E-state index < -0.39 is 10.0 Å². The van der Waals surface area contributed by atoms with Crippen molar-refractivity contribution in [3.05, 3.63) is 0 Å². The highest BCUT2D eigenvalue weighted by atomic mass is 32.2. The second-order valence-electron chi connectivity index (χ2n) is 3.74. The van der Waals surface area contributed by atoms with Crippen LogP contribution in [0, 0.1) is 0 Å². The van der Waals surface area contributed by atoms with E-state index in [0.29, 0.717) is 19.1 Å². The molecule has 15 heavy (non-hydrogen) atoms. The molecule has 0 aromatic heterocycles. The highest BCUT2D eigenvalue weighted by Gasteiger charge is 2.23. The van der Waals surface area contributed by atoms with Gasteiger partial charge in [0.1, 0.15) is 0 Å². The van der Waals surface area contributed by atoms with Crippen LogP contribution in [0.4, 0.5) is 0 Å². The molecule has 1 fully saturated rings. The smallest absolute Gasteiger partial charge is 0.212 e. The SMILES string of the molecule is CCNS(=O)(=O)CCNC1CCOC1C. The average molecular weight is 236 g/mol. The van der Waals surface area contributed by atoms with E-state index in [1.165, 1.54) is 0 Å². The zero-order chi connectivity index (χ0) is 11.3. The van der Waals surface area contributed by atoms with Crippen molar-refractivity contribution < 1.29 is 13.2 Å². The van der Waals surface area contributed by atoms with Crippen molar-refractivity contribution in [2.24, 2.45) is 0 Å². The van der Waals surface area contributed by atoms with Crippen LogP contribution in [0.5, 0.6) is 0 Å². The number of hydrogen-bond acceptors (Lipinski definition) is 4. The molecular formula is C9H20N2O3S. The Hall–Kier alpha value is -0.170. The van der Waals surface area contributed by atoms with E-state index >= 15 is 0 Å². The molecule has 0 bridgehead atoms. The second kappa shape index (κ2) is 5.79. The van der Waals surface area contributed by atoms with Crippen molar-refractivity contribution in [2.45, 2.75) is 32.4 Å². The summed E-state index contributed by atoms with van der Waals surface area (Å²) >= 11 is 0. The van der Waals surface area contributed by atoms with Crippen LogP contribution in [0.15, 0.2) is 0 Å². The fourth-order valence-corrected chi connectivity index (χ4v) is 2.64. The average Bonchev–Trinajstić information content (AvgIpc) is 2.51. The van der Waals surface area contributed by atoms with Crippen LogP contribution in [0.2, 0.25) is 0 Å². The maximum atomic E-state index is 11.3. The Labute approximate surface area is 91.6 Å². The Morgan fingerprint density at radius 2 is 2.20 bits per heavy atom. The van der Waals surface area contributed by atoms with E-state index in [-0.39, 0.29) is 11.9 Å². The summed E-state index contributed by atoms with van der Waals surface area (Å²) in [7, 11) is -3.09. The van der Waals surface area contributed by atoms with E-state index in [0.717, 1.165) is 13.0 Å². The van der Waals surface area contributed by atoms with Crippen molar-refractivity contribution in [1.82, 2.24) is 10.0 Å². The van der Waals surface area contributed by atoms with Gasteiger partial charge in [-0.05, 0) is 13.3 Å². The lowest BCUT2D eigenvalue weighted by Crippen LogP contribution is -2.39. The van der Waals surface area contributed by atoms with Crippen LogP contribution in [0.3, 0.4) is 0 Å². The maximum Gasteiger partial charge on any atom is 0.212 e. The molecule has 1 heterocycles. The first-order chi connectivity index (χ1) is 7.05. The van der Waals surface area contributed by atoms with E-state index in [2.05, 4.69) is 10.0 Å². The number of nitrogens with one attached hydrogen (secondary N) is 2. The van der Waals surface area contributed by atoms with Crippen LogP contribution in [0.1, 0.15) is 20.3 Å². The van der Waals surface area contributed by atoms with Gasteiger partial charge in [0.2, 0.25) is 10.0 Å². The Morgan fingerprint density at radius 3 is 2.73 bits per heavy atom. The second-order valence-corrected chi connectivity index (χ2v) is 5.67. The minimum Gasteiger partial charge on any atom is -0.377 e. The van der Waals surface area contributed by atoms with Gasteiger partial charge in [-0.25, -0.2) is 13.1 Å². The number of ether oxygens (including phenoxy) is 1. The molecule has 90 valence electrons. The van der Waals surface area contributed by atoms with Crippen LogP contribution >= 0.6 is 0 Å². The summed E-state index contributed by atoms with van der Waals surface area (Å²) in [4.78, 5) is 0. The van der Waals surface area contributed by atoms with Gasteiger partial charge in [-0.1, -0.05) is 6.92 Å². The lowest BCUT2D eigenvalue weighted by atomic mass is 10.2. The van der Waals surface area contributed by atoms with Crippen molar-refractivity contribution in [1.29, 1.82) is 0 Å². The molecule has 0 saturated carbocycles. The summed E-state index contributed by atoms with van der Waals surface area (Å²) in [6, 6.07) is 0.293. The first kappa shape index (κ1) is 12.9. The van der Waals surface area contributed by atoms with Gasteiger partial charge in [0.15, 0.2) is 0 Å². The summed E-state index contributed by atoms with van der Waals surface area (Å²) in [5.74, 6) is 0.129. The molecule has 2 N–H and O–H groups in total. The van der Waals surface area contributed by atoms with Gasteiger partial charge in [-0.3, -0.25) is 0 Å². The van der Waals surface area contributed by atoms with Gasteiger partial charge in [-0.15, -0.1) is 0 Å². The third-order valence-corrected chi connectivity index (χ3v) is 3.99. The largest absolute Gasteiger partial charge is 0.377 e. The molecule has 0 radical (unpaired) electrons. The molecule has 0 aliphatic carbocycles. The maximum absolute atomic E-state index is 11.3. The van der Waals surface area contributed by atoms with E-state index in [1.807, 2.05) is 6.92 Å². The molecule has 1 aliphatic heterocycles. The van der Waals surface area contributed by atoms with Gasteiger partial charge in [-0.2, -0.15) is 0 Å². The van der Waals surface area contributed by atoms with Gasteiger partial charge in [0.05, 0.1) is 11.9 Å². The molecule has 0 spiro atoms. The summed E-state index contributed by atoms with van der Waals surface area (Å²) < 4.78 is 30.4. The van der Waals surface area contributed by atoms with E-state index in [4.69, 9.17) is 4.74 Å². The molecule has 0 amide bonds. The fraction of sp³-hybridized carbons (Fsp3) is 1.00. The number of rotatable bonds is 6. The van der Waals surface area contributed by atoms with Crippen molar-refractivity contribution in [2.75, 3.05) is 25.4 Å². The molecule has 2 unspecified atom stereocenters. The van der Waals surface area contributed by atoms with E-state index in [1.54, 1.807) is 6.92 Å². The Balaban J connectivity index is 2.21. The highest BCUT2D eigenvalue weighted by molar-refractivity contribution is 7.89. The Morgan fingerprint density at radius 1 is 1.47 bits per heavy atom. The molecular weight excluding hydrogens is 216 g/mol. The van der Waals surface area contributed by atoms with Gasteiger partial charge in [0.25, 0.3) is 0 Å². The standard InChI is InChI=1S/C9H20N2O3S/c1-3-11-15(12,13)7-5-10-9-4-6-14-8(9)2/h8-11H,3-7H2,1-2H3. The molecule has 1 rings (SSSR count). The quantitative estimate of drug-likeness (QED) is 0.664. The van der Waals surface area contributed by atoms with Crippen LogP contribution in [0.25, 0.3) is 0 Å². The summed E-state index contributed by atoms with van der Waals surface area (Å²) in [6.07, 6.45) is 1.15. The molecule has 5 nitrogen and oxygen atoms in total. The topological polar surface area (TPSA) is 67.4 Å². The van der Waals surface area contributed by atoms with Crippen LogP contribution in [-0.2, 0) is 14.8 Å². The van der Waals surface area contributed by atoms with Gasteiger partial charge >= 0.3 is 0 Å². The van der Waals surface area contributed by atoms with Crippen molar-refractivity contribution >= 4 is 10.0 Å². The van der Waals surface area contributed by atoms with Crippen LogP contribution in [-0.4, -0.2) is 46.0 Å². The minimum atomic E-state index is -3.09. The normalized spacial score (nSPS) is 27.1. The zero-order valence-electron chi connectivity index (χ0n) is 9.32. The van der Waals surface area contributed by atoms with Crippen molar-refractivity contribution in [3.63, 3.8) is 0 Å². The van der Waals surface area contributed by atoms with Crippen molar-refractivity contribution in [3.8, 4) is 0 Å². The first-order valence-corrected chi connectivity index (χ1v) is 7.02. The molecule has 0 aromatic rings. The minimum absolute atomic E-state index is 0.129. The zero-order valence-corrected chi connectivity index (χ0v) is 10.1. The molecule has 0 aromatic carbocycles. The Kier molecular flexibility index (Phi) is 4.98. The molecule has 1 saturated heterocycles. The first-order valence-electron chi connectivity index (χ1n) is 5.37. The predicted octanol–water partition coefficient (Wildman–Crippen LogP) is -0.307. The fourth-order valence-electron chi connectivity index (χ4n) is 1.67. The summed E-state index contributed by atoms with van der Waals surface area (Å²) in [5.41, 5.74) is 0. The summed E-state index contributed by atoms with van der Waals surface area (Å²) in [6.45, 7) is 5.47. The lowest BCUT2D eigenvalue weighted by molar-refractivity contribution is 0.113. The number of sulfonamides is 1. The third kappa shape index (κ3) is 4.46. The molecule has 6 heteroatoms. The monoisotopic (exact) mass is 236 g/mol. The highest BCUT2D eigenvalue weighted by Crippen LogP contribution is 2.11. The Bertz CT molecular complexity index is 279. The van der Waals surface area contributed by atoms with Crippen LogP contribution < -0.4 is 10.0 Å². The predicted molar refractivity (Wildman–Crippen MR) is 59.3 cm³/mol. The van der Waals surface area contributed by atoms with E-state index in [9.17, 15) is 8.42 Å². The van der Waals surface area contributed by atoms with Gasteiger partial charge < -0.3 is 10.1 Å². The summed E-state index contributed by atoms with van der Waals surface area (Å²) in [5, 5.41) is 3.20.